The van der Waals surface area contributed by atoms with E-state index in [0.717, 1.165) is 4.88 Å². The van der Waals surface area contributed by atoms with Crippen LogP contribution in [0.15, 0.2) is 14.7 Å². The first-order valence-electron chi connectivity index (χ1n) is 5.84. The van der Waals surface area contributed by atoms with Crippen LogP contribution in [0.4, 0.5) is 0 Å². The molecule has 20 heavy (non-hydrogen) atoms. The Labute approximate surface area is 136 Å². The van der Waals surface area contributed by atoms with Crippen LogP contribution in [0.2, 0.25) is 0 Å². The molecule has 1 aromatic rings. The number of rotatable bonds is 5. The van der Waals surface area contributed by atoms with E-state index >= 15 is 0 Å². The van der Waals surface area contributed by atoms with Crippen molar-refractivity contribution in [3.63, 3.8) is 0 Å². The first-order valence-corrected chi connectivity index (χ1v) is 9.42. The highest BCUT2D eigenvalue weighted by Crippen LogP contribution is 2.35. The van der Waals surface area contributed by atoms with E-state index < -0.39 is 10.0 Å². The average molecular weight is 405 g/mol. The van der Waals surface area contributed by atoms with Crippen LogP contribution in [0.1, 0.15) is 4.88 Å². The normalized spacial score (nSPS) is 24.4. The van der Waals surface area contributed by atoms with Gasteiger partial charge in [0.1, 0.15) is 4.90 Å². The summed E-state index contributed by atoms with van der Waals surface area (Å²) in [7, 11) is -0.457. The number of alkyl halides is 1. The molecule has 0 aromatic carbocycles. The summed E-state index contributed by atoms with van der Waals surface area (Å²) in [6.45, 7) is 0.575. The maximum atomic E-state index is 12.7. The van der Waals surface area contributed by atoms with E-state index in [1.165, 1.54) is 15.6 Å². The minimum absolute atomic E-state index is 0.250. The molecule has 1 aromatic heterocycles. The molecule has 0 saturated carbocycles. The summed E-state index contributed by atoms with van der Waals surface area (Å²) in [6, 6.07) is 1.61. The molecule has 0 spiro atoms. The average Bonchev–Trinajstić information content (AvgIpc) is 3.01. The molecule has 0 amide bonds. The zero-order valence-corrected chi connectivity index (χ0v) is 15.0. The summed E-state index contributed by atoms with van der Waals surface area (Å²) in [5, 5.41) is 0. The molecule has 2 unspecified atom stereocenters. The molecule has 2 heterocycles. The Morgan fingerprint density at radius 3 is 2.35 bits per heavy atom. The molecule has 0 bridgehead atoms. The van der Waals surface area contributed by atoms with Crippen LogP contribution >= 0.6 is 38.9 Å². The van der Waals surface area contributed by atoms with Gasteiger partial charge in [-0.05, 0) is 22.0 Å². The largest absolute Gasteiger partial charge is 0.377 e. The fourth-order valence-electron chi connectivity index (χ4n) is 2.14. The maximum absolute atomic E-state index is 12.7. The van der Waals surface area contributed by atoms with Gasteiger partial charge in [-0.2, -0.15) is 4.31 Å². The number of halogens is 2. The van der Waals surface area contributed by atoms with Gasteiger partial charge in [0.05, 0.1) is 21.9 Å². The van der Waals surface area contributed by atoms with Crippen molar-refractivity contribution >= 4 is 48.9 Å². The number of sulfonamides is 1. The number of hydrogen-bond acceptors (Lipinski definition) is 5. The molecule has 0 aliphatic carbocycles. The first-order chi connectivity index (χ1) is 9.43. The van der Waals surface area contributed by atoms with Crippen molar-refractivity contribution < 1.29 is 17.9 Å². The lowest BCUT2D eigenvalue weighted by Gasteiger charge is -2.15. The van der Waals surface area contributed by atoms with Gasteiger partial charge in [-0.15, -0.1) is 22.9 Å². The van der Waals surface area contributed by atoms with Crippen molar-refractivity contribution in [2.45, 2.75) is 23.0 Å². The van der Waals surface area contributed by atoms with Gasteiger partial charge in [-0.1, -0.05) is 0 Å². The fraction of sp³-hybridized carbons (Fsp3) is 0.636. The standard InChI is InChI=1S/C11H15BrClNO4S2/c1-17-8-5-14(6-9(8)18-2)20(15,16)10-3-7(4-13)19-11(10)12/h3,8-9H,4-6H2,1-2H3. The SMILES string of the molecule is COC1CN(S(=O)(=O)c2cc(CCl)sc2Br)CC1OC. The highest BCUT2D eigenvalue weighted by Gasteiger charge is 2.40. The van der Waals surface area contributed by atoms with Gasteiger partial charge in [0, 0.05) is 32.2 Å². The summed E-state index contributed by atoms with van der Waals surface area (Å²) >= 11 is 10.4. The van der Waals surface area contributed by atoms with Gasteiger partial charge >= 0.3 is 0 Å². The van der Waals surface area contributed by atoms with Gasteiger partial charge < -0.3 is 9.47 Å². The van der Waals surface area contributed by atoms with Crippen molar-refractivity contribution in [1.82, 2.24) is 4.31 Å². The van der Waals surface area contributed by atoms with Crippen LogP contribution < -0.4 is 0 Å². The van der Waals surface area contributed by atoms with E-state index in [2.05, 4.69) is 15.9 Å². The second-order valence-electron chi connectivity index (χ2n) is 4.35. The summed E-state index contributed by atoms with van der Waals surface area (Å²) in [6.07, 6.45) is -0.501. The molecule has 9 heteroatoms. The summed E-state index contributed by atoms with van der Waals surface area (Å²) in [5.41, 5.74) is 0. The Morgan fingerprint density at radius 1 is 1.40 bits per heavy atom. The van der Waals surface area contributed by atoms with Gasteiger partial charge in [-0.3, -0.25) is 0 Å². The predicted molar refractivity (Wildman–Crippen MR) is 81.9 cm³/mol. The van der Waals surface area contributed by atoms with Gasteiger partial charge in [0.25, 0.3) is 0 Å². The Bertz CT molecular complexity index is 565. The van der Waals surface area contributed by atoms with Gasteiger partial charge in [0.2, 0.25) is 10.0 Å². The van der Waals surface area contributed by atoms with E-state index in [9.17, 15) is 8.42 Å². The van der Waals surface area contributed by atoms with Crippen LogP contribution in [0.5, 0.6) is 0 Å². The van der Waals surface area contributed by atoms with E-state index in [0.29, 0.717) is 9.67 Å². The topological polar surface area (TPSA) is 55.8 Å². The van der Waals surface area contributed by atoms with Crippen molar-refractivity contribution in [2.75, 3.05) is 27.3 Å². The fourth-order valence-corrected chi connectivity index (χ4v) is 6.33. The monoisotopic (exact) mass is 403 g/mol. The highest BCUT2D eigenvalue weighted by molar-refractivity contribution is 9.11. The molecule has 1 fully saturated rings. The quantitative estimate of drug-likeness (QED) is 0.707. The molecule has 0 N–H and O–H groups in total. The number of thiophene rings is 1. The molecule has 114 valence electrons. The van der Waals surface area contributed by atoms with E-state index in [4.69, 9.17) is 21.1 Å². The maximum Gasteiger partial charge on any atom is 0.245 e. The second kappa shape index (κ2) is 6.60. The molecule has 2 atom stereocenters. The molecule has 1 aliphatic heterocycles. The molecular weight excluding hydrogens is 390 g/mol. The van der Waals surface area contributed by atoms with E-state index in [1.807, 2.05) is 0 Å². The summed E-state index contributed by atoms with van der Waals surface area (Å²) in [5.74, 6) is 0.292. The number of nitrogens with zero attached hydrogens (tertiary/aromatic N) is 1. The minimum Gasteiger partial charge on any atom is -0.377 e. The third kappa shape index (κ3) is 3.06. The third-order valence-corrected chi connectivity index (χ3v) is 7.77. The lowest BCUT2D eigenvalue weighted by atomic mass is 10.3. The van der Waals surface area contributed by atoms with Crippen molar-refractivity contribution in [2.24, 2.45) is 0 Å². The van der Waals surface area contributed by atoms with Crippen LogP contribution in [-0.2, 0) is 25.4 Å². The molecule has 1 aliphatic rings. The summed E-state index contributed by atoms with van der Waals surface area (Å²) < 4.78 is 37.8. The molecule has 5 nitrogen and oxygen atoms in total. The van der Waals surface area contributed by atoms with Crippen LogP contribution in [0.3, 0.4) is 0 Å². The predicted octanol–water partition coefficient (Wildman–Crippen LogP) is 2.28. The Balaban J connectivity index is 2.29. The van der Waals surface area contributed by atoms with Crippen LogP contribution in [-0.4, -0.2) is 52.2 Å². The minimum atomic E-state index is -3.57. The lowest BCUT2D eigenvalue weighted by Crippen LogP contribution is -2.30. The second-order valence-corrected chi connectivity index (χ2v) is 8.98. The molecule has 2 rings (SSSR count). The smallest absolute Gasteiger partial charge is 0.245 e. The number of ether oxygens (including phenoxy) is 2. The van der Waals surface area contributed by atoms with Crippen molar-refractivity contribution in [1.29, 1.82) is 0 Å². The van der Waals surface area contributed by atoms with Crippen LogP contribution in [0, 0.1) is 0 Å². The number of hydrogen-bond donors (Lipinski definition) is 0. The van der Waals surface area contributed by atoms with Gasteiger partial charge in [-0.25, -0.2) is 8.42 Å². The molecule has 1 saturated heterocycles. The molecular formula is C11H15BrClNO4S2. The van der Waals surface area contributed by atoms with E-state index in [1.54, 1.807) is 20.3 Å². The zero-order valence-electron chi connectivity index (χ0n) is 11.0. The highest BCUT2D eigenvalue weighted by atomic mass is 79.9. The molecule has 0 radical (unpaired) electrons. The first kappa shape index (κ1) is 16.7. The third-order valence-electron chi connectivity index (χ3n) is 3.24. The summed E-state index contributed by atoms with van der Waals surface area (Å²) in [4.78, 5) is 1.06. The zero-order chi connectivity index (χ0) is 14.9. The number of methoxy groups -OCH3 is 2. The Kier molecular flexibility index (Phi) is 5.50. The lowest BCUT2D eigenvalue weighted by molar-refractivity contribution is -0.00461. The van der Waals surface area contributed by atoms with Crippen molar-refractivity contribution in [3.8, 4) is 0 Å². The Hall–Kier alpha value is 0.300. The van der Waals surface area contributed by atoms with Crippen LogP contribution in [0.25, 0.3) is 0 Å². The Morgan fingerprint density at radius 2 is 1.95 bits per heavy atom. The van der Waals surface area contributed by atoms with E-state index in [-0.39, 0.29) is 30.2 Å². The van der Waals surface area contributed by atoms with Gasteiger partial charge in [0.15, 0.2) is 0 Å². The van der Waals surface area contributed by atoms with Crippen molar-refractivity contribution in [3.05, 3.63) is 14.7 Å².